The van der Waals surface area contributed by atoms with Gasteiger partial charge < -0.3 is 20.4 Å². The lowest BCUT2D eigenvalue weighted by Gasteiger charge is -2.15. The highest BCUT2D eigenvalue weighted by Gasteiger charge is 2.18. The minimum Gasteiger partial charge on any atom is -0.507 e. The van der Waals surface area contributed by atoms with Crippen molar-refractivity contribution in [2.24, 2.45) is 0 Å². The molecule has 0 unspecified atom stereocenters. The lowest BCUT2D eigenvalue weighted by atomic mass is 10.2. The van der Waals surface area contributed by atoms with Crippen LogP contribution in [0.1, 0.15) is 22.3 Å². The minimum atomic E-state index is 0.0953. The molecule has 0 saturated carbocycles. The van der Waals surface area contributed by atoms with Crippen molar-refractivity contribution < 1.29 is 20.4 Å². The van der Waals surface area contributed by atoms with Crippen LogP contribution in [0, 0.1) is 27.7 Å². The molecule has 4 aromatic rings. The summed E-state index contributed by atoms with van der Waals surface area (Å²) in [7, 11) is 0. The molecule has 0 atom stereocenters. The summed E-state index contributed by atoms with van der Waals surface area (Å²) in [5.74, 6) is 0.511. The van der Waals surface area contributed by atoms with E-state index in [4.69, 9.17) is 0 Å². The van der Waals surface area contributed by atoms with Crippen LogP contribution in [-0.4, -0.2) is 20.4 Å². The van der Waals surface area contributed by atoms with Gasteiger partial charge in [0.1, 0.15) is 23.0 Å². The molecule has 0 aliphatic rings. The van der Waals surface area contributed by atoms with E-state index in [2.05, 4.69) is 0 Å². The van der Waals surface area contributed by atoms with Crippen LogP contribution in [0.3, 0.4) is 0 Å². The van der Waals surface area contributed by atoms with E-state index in [1.54, 1.807) is 12.1 Å². The van der Waals surface area contributed by atoms with E-state index >= 15 is 0 Å². The Balaban J connectivity index is 1.68. The van der Waals surface area contributed by atoms with Crippen LogP contribution >= 0.6 is 35.3 Å². The van der Waals surface area contributed by atoms with Crippen molar-refractivity contribution in [3.05, 3.63) is 82.9 Å². The molecule has 4 rings (SSSR count). The van der Waals surface area contributed by atoms with Crippen molar-refractivity contribution in [1.82, 2.24) is 0 Å². The second-order valence-corrected chi connectivity index (χ2v) is 11.7. The van der Waals surface area contributed by atoms with Gasteiger partial charge in [-0.1, -0.05) is 47.4 Å². The molecule has 0 aliphatic heterocycles. The van der Waals surface area contributed by atoms with Gasteiger partial charge in [0.2, 0.25) is 0 Å². The fourth-order valence-corrected chi connectivity index (χ4v) is 6.98. The van der Waals surface area contributed by atoms with Crippen LogP contribution in [0.2, 0.25) is 0 Å². The van der Waals surface area contributed by atoms with Gasteiger partial charge >= 0.3 is 0 Å². The summed E-state index contributed by atoms with van der Waals surface area (Å²) in [5.41, 5.74) is 3.93. The highest BCUT2D eigenvalue weighted by molar-refractivity contribution is 8.01. The van der Waals surface area contributed by atoms with Gasteiger partial charge in [0.25, 0.3) is 0 Å². The molecule has 0 aromatic heterocycles. The van der Waals surface area contributed by atoms with Crippen molar-refractivity contribution in [2.75, 3.05) is 0 Å². The molecule has 0 amide bonds. The molecule has 0 spiro atoms. The average molecular weight is 523 g/mol. The SMILES string of the molecule is Cc1ccc(O)c(Sc2cc(C)cc(Sc3cc(C)cc(Sc4cc(C)ccc4O)c3O)c2O)c1. The fourth-order valence-electron chi connectivity index (χ4n) is 3.50. The van der Waals surface area contributed by atoms with Crippen LogP contribution in [0.4, 0.5) is 0 Å². The lowest BCUT2D eigenvalue weighted by Crippen LogP contribution is -1.87. The number of aryl methyl sites for hydroxylation is 4. The van der Waals surface area contributed by atoms with Gasteiger partial charge in [0.15, 0.2) is 0 Å². The van der Waals surface area contributed by atoms with Crippen molar-refractivity contribution in [2.45, 2.75) is 57.1 Å². The zero-order chi connectivity index (χ0) is 25.3. The third kappa shape index (κ3) is 5.86. The van der Waals surface area contributed by atoms with Crippen molar-refractivity contribution in [3.8, 4) is 23.0 Å². The highest BCUT2D eigenvalue weighted by atomic mass is 32.2. The van der Waals surface area contributed by atoms with Crippen molar-refractivity contribution in [3.63, 3.8) is 0 Å². The molecular formula is C28H26O4S3. The van der Waals surface area contributed by atoms with Gasteiger partial charge in [0.05, 0.1) is 29.4 Å². The number of rotatable bonds is 6. The monoisotopic (exact) mass is 522 g/mol. The first-order chi connectivity index (χ1) is 16.6. The molecular weight excluding hydrogens is 497 g/mol. The van der Waals surface area contributed by atoms with Crippen molar-refractivity contribution >= 4 is 35.3 Å². The quantitative estimate of drug-likeness (QED) is 0.203. The highest BCUT2D eigenvalue weighted by Crippen LogP contribution is 2.49. The first kappa shape index (κ1) is 25.2. The zero-order valence-electron chi connectivity index (χ0n) is 19.8. The summed E-state index contributed by atoms with van der Waals surface area (Å²) in [6, 6.07) is 18.2. The second-order valence-electron chi connectivity index (χ2n) is 8.47. The van der Waals surface area contributed by atoms with E-state index in [0.29, 0.717) is 29.4 Å². The predicted molar refractivity (Wildman–Crippen MR) is 144 cm³/mol. The Morgan fingerprint density at radius 2 is 0.686 bits per heavy atom. The Bertz CT molecular complexity index is 1310. The second kappa shape index (κ2) is 10.4. The molecule has 0 saturated heterocycles. The maximum absolute atomic E-state index is 11.1. The summed E-state index contributed by atoms with van der Waals surface area (Å²) in [4.78, 5) is 3.79. The molecule has 0 fully saturated rings. The summed E-state index contributed by atoms with van der Waals surface area (Å²) < 4.78 is 0. The molecule has 7 heteroatoms. The van der Waals surface area contributed by atoms with Gasteiger partial charge in [-0.05, 0) is 98.5 Å². The summed E-state index contributed by atoms with van der Waals surface area (Å²) in [5, 5.41) is 42.7. The number of benzene rings is 4. The van der Waals surface area contributed by atoms with E-state index < -0.39 is 0 Å². The first-order valence-corrected chi connectivity index (χ1v) is 13.4. The number of phenolic OH excluding ortho intramolecular Hbond substituents is 4. The van der Waals surface area contributed by atoms with E-state index in [-0.39, 0.29) is 23.0 Å². The van der Waals surface area contributed by atoms with Crippen LogP contribution < -0.4 is 0 Å². The predicted octanol–water partition coefficient (Wildman–Crippen LogP) is 8.20. The molecule has 4 N–H and O–H groups in total. The van der Waals surface area contributed by atoms with Crippen LogP contribution in [-0.2, 0) is 0 Å². The lowest BCUT2D eigenvalue weighted by molar-refractivity contribution is 0.445. The molecule has 0 aliphatic carbocycles. The van der Waals surface area contributed by atoms with Crippen LogP contribution in [0.15, 0.2) is 90.0 Å². The molecule has 4 nitrogen and oxygen atoms in total. The number of phenols is 4. The standard InChI is InChI=1S/C28H26O4S3/c1-15-5-7-19(29)21(9-15)33-23-11-17(3)13-25(27(23)31)35-26-14-18(4)12-24(28(26)32)34-22-10-16(2)6-8-20(22)30/h5-14,29-32H,1-4H3. The maximum atomic E-state index is 11.1. The molecule has 35 heavy (non-hydrogen) atoms. The van der Waals surface area contributed by atoms with E-state index in [1.807, 2.05) is 76.2 Å². The average Bonchev–Trinajstić information content (AvgIpc) is 2.79. The van der Waals surface area contributed by atoms with E-state index in [1.165, 1.54) is 35.3 Å². The molecule has 180 valence electrons. The molecule has 0 heterocycles. The van der Waals surface area contributed by atoms with E-state index in [0.717, 1.165) is 22.3 Å². The Morgan fingerprint density at radius 3 is 1.03 bits per heavy atom. The molecule has 4 aromatic carbocycles. The number of aromatic hydroxyl groups is 4. The van der Waals surface area contributed by atoms with Gasteiger partial charge in [-0.2, -0.15) is 0 Å². The minimum absolute atomic E-state index is 0.0953. The summed E-state index contributed by atoms with van der Waals surface area (Å²) in [6.07, 6.45) is 0. The third-order valence-corrected chi connectivity index (χ3v) is 8.48. The van der Waals surface area contributed by atoms with Gasteiger partial charge in [0, 0.05) is 0 Å². The smallest absolute Gasteiger partial charge is 0.143 e. The third-order valence-electron chi connectivity index (χ3n) is 5.26. The Labute approximate surface area is 218 Å². The number of hydrogen-bond donors (Lipinski definition) is 4. The Hall–Kier alpha value is -2.87. The summed E-state index contributed by atoms with van der Waals surface area (Å²) >= 11 is 3.88. The molecule has 0 bridgehead atoms. The topological polar surface area (TPSA) is 80.9 Å². The van der Waals surface area contributed by atoms with Crippen molar-refractivity contribution in [1.29, 1.82) is 0 Å². The largest absolute Gasteiger partial charge is 0.507 e. The van der Waals surface area contributed by atoms with E-state index in [9.17, 15) is 20.4 Å². The fraction of sp³-hybridized carbons (Fsp3) is 0.143. The molecule has 0 radical (unpaired) electrons. The Morgan fingerprint density at radius 1 is 0.400 bits per heavy atom. The van der Waals surface area contributed by atoms with Crippen LogP contribution in [0.25, 0.3) is 0 Å². The zero-order valence-corrected chi connectivity index (χ0v) is 22.2. The van der Waals surface area contributed by atoms with Gasteiger partial charge in [-0.25, -0.2) is 0 Å². The van der Waals surface area contributed by atoms with Gasteiger partial charge in [-0.3, -0.25) is 0 Å². The first-order valence-electron chi connectivity index (χ1n) is 10.9. The maximum Gasteiger partial charge on any atom is 0.143 e. The number of hydrogen-bond acceptors (Lipinski definition) is 7. The van der Waals surface area contributed by atoms with Crippen LogP contribution in [0.5, 0.6) is 23.0 Å². The van der Waals surface area contributed by atoms with Gasteiger partial charge in [-0.15, -0.1) is 0 Å². The normalized spacial score (nSPS) is 11.1. The Kier molecular flexibility index (Phi) is 7.50. The summed E-state index contributed by atoms with van der Waals surface area (Å²) in [6.45, 7) is 7.80.